The Morgan fingerprint density at radius 3 is 3.07 bits per heavy atom. The van der Waals surface area contributed by atoms with Crippen molar-refractivity contribution in [2.45, 2.75) is 13.3 Å². The Bertz CT molecular complexity index is 335. The first-order chi connectivity index (χ1) is 7.27. The maximum atomic E-state index is 5.42. The lowest BCUT2D eigenvalue weighted by molar-refractivity contribution is 0.152. The Morgan fingerprint density at radius 1 is 1.40 bits per heavy atom. The van der Waals surface area contributed by atoms with Gasteiger partial charge in [0.05, 0.1) is 6.61 Å². The molecule has 1 aromatic heterocycles. The highest BCUT2D eigenvalue weighted by Crippen LogP contribution is 2.20. The van der Waals surface area contributed by atoms with Crippen molar-refractivity contribution < 1.29 is 4.74 Å². The highest BCUT2D eigenvalue weighted by Gasteiger charge is 2.11. The van der Waals surface area contributed by atoms with Gasteiger partial charge in [-0.2, -0.15) is 0 Å². The van der Waals surface area contributed by atoms with Gasteiger partial charge in [0.1, 0.15) is 5.82 Å². The fourth-order valence-corrected chi connectivity index (χ4v) is 1.89. The number of aryl methyl sites for hydroxylation is 1. The van der Waals surface area contributed by atoms with Crippen LogP contribution in [0.4, 0.5) is 5.82 Å². The van der Waals surface area contributed by atoms with Crippen molar-refractivity contribution in [3.63, 3.8) is 0 Å². The first kappa shape index (κ1) is 10.9. The zero-order valence-electron chi connectivity index (χ0n) is 8.87. The molecule has 0 aliphatic carbocycles. The predicted octanol–water partition coefficient (Wildman–Crippen LogP) is 2.38. The molecule has 0 unspecified atom stereocenters. The van der Waals surface area contributed by atoms with Crippen molar-refractivity contribution in [2.75, 3.05) is 31.2 Å². The van der Waals surface area contributed by atoms with E-state index in [-0.39, 0.29) is 0 Å². The summed E-state index contributed by atoms with van der Waals surface area (Å²) in [5, 5.41) is 0. The third-order valence-electron chi connectivity index (χ3n) is 2.58. The summed E-state index contributed by atoms with van der Waals surface area (Å²) in [6, 6.07) is 2.12. The van der Waals surface area contributed by atoms with Gasteiger partial charge in [0.25, 0.3) is 0 Å². The number of hydrogen-bond acceptors (Lipinski definition) is 3. The average Bonchev–Trinajstić information content (AvgIpc) is 2.50. The van der Waals surface area contributed by atoms with Crippen molar-refractivity contribution in [1.29, 1.82) is 0 Å². The zero-order valence-corrected chi connectivity index (χ0v) is 10.5. The van der Waals surface area contributed by atoms with Crippen LogP contribution in [0.5, 0.6) is 0 Å². The van der Waals surface area contributed by atoms with Gasteiger partial charge in [0.15, 0.2) is 0 Å². The Labute approximate surface area is 98.6 Å². The summed E-state index contributed by atoms with van der Waals surface area (Å²) < 4.78 is 6.49. The van der Waals surface area contributed by atoms with Crippen LogP contribution in [0.1, 0.15) is 12.0 Å². The van der Waals surface area contributed by atoms with Gasteiger partial charge in [0.2, 0.25) is 0 Å². The van der Waals surface area contributed by atoms with Crippen molar-refractivity contribution in [2.24, 2.45) is 0 Å². The molecule has 1 fully saturated rings. The normalized spacial score (nSPS) is 17.6. The Morgan fingerprint density at radius 2 is 2.27 bits per heavy atom. The summed E-state index contributed by atoms with van der Waals surface area (Å²) in [4.78, 5) is 6.71. The zero-order chi connectivity index (χ0) is 10.7. The van der Waals surface area contributed by atoms with Crippen molar-refractivity contribution >= 4 is 21.7 Å². The minimum absolute atomic E-state index is 0.802. The van der Waals surface area contributed by atoms with E-state index in [0.29, 0.717) is 0 Å². The molecule has 2 rings (SSSR count). The lowest BCUT2D eigenvalue weighted by Crippen LogP contribution is -2.26. The summed E-state index contributed by atoms with van der Waals surface area (Å²) in [5.41, 5.74) is 1.23. The van der Waals surface area contributed by atoms with Crippen LogP contribution in [0.25, 0.3) is 0 Å². The number of rotatable bonds is 1. The second-order valence-corrected chi connectivity index (χ2v) is 4.60. The number of ether oxygens (including phenoxy) is 1. The van der Waals surface area contributed by atoms with Crippen LogP contribution in [0.2, 0.25) is 0 Å². The molecule has 82 valence electrons. The van der Waals surface area contributed by atoms with Gasteiger partial charge in [-0.25, -0.2) is 4.98 Å². The van der Waals surface area contributed by atoms with Gasteiger partial charge in [-0.3, -0.25) is 0 Å². The molecule has 3 nitrogen and oxygen atoms in total. The van der Waals surface area contributed by atoms with Crippen molar-refractivity contribution in [3.8, 4) is 0 Å². The lowest BCUT2D eigenvalue weighted by Gasteiger charge is -2.21. The number of halogens is 1. The predicted molar refractivity (Wildman–Crippen MR) is 64.3 cm³/mol. The van der Waals surface area contributed by atoms with Gasteiger partial charge in [0, 0.05) is 30.4 Å². The van der Waals surface area contributed by atoms with E-state index in [1.165, 1.54) is 5.56 Å². The third kappa shape index (κ3) is 2.69. The molecule has 4 heteroatoms. The van der Waals surface area contributed by atoms with Gasteiger partial charge in [-0.1, -0.05) is 0 Å². The summed E-state index contributed by atoms with van der Waals surface area (Å²) in [5.74, 6) is 1.06. The Balaban J connectivity index is 2.16. The maximum absolute atomic E-state index is 5.42. The number of hydrogen-bond donors (Lipinski definition) is 0. The van der Waals surface area contributed by atoms with Crippen LogP contribution in [-0.4, -0.2) is 31.3 Å². The highest BCUT2D eigenvalue weighted by atomic mass is 79.9. The quantitative estimate of drug-likeness (QED) is 0.784. The van der Waals surface area contributed by atoms with Gasteiger partial charge >= 0.3 is 0 Å². The molecular formula is C11H15BrN2O. The van der Waals surface area contributed by atoms with Gasteiger partial charge < -0.3 is 9.64 Å². The summed E-state index contributed by atoms with van der Waals surface area (Å²) >= 11 is 3.46. The summed E-state index contributed by atoms with van der Waals surface area (Å²) in [6.07, 6.45) is 2.95. The second kappa shape index (κ2) is 4.94. The topological polar surface area (TPSA) is 25.4 Å². The molecule has 0 N–H and O–H groups in total. The number of anilines is 1. The molecule has 0 bridgehead atoms. The fraction of sp³-hybridized carbons (Fsp3) is 0.545. The number of aromatic nitrogens is 1. The number of nitrogens with zero attached hydrogens (tertiary/aromatic N) is 2. The van der Waals surface area contributed by atoms with E-state index in [1.807, 2.05) is 6.20 Å². The first-order valence-electron chi connectivity index (χ1n) is 5.22. The van der Waals surface area contributed by atoms with E-state index in [9.17, 15) is 0 Å². The van der Waals surface area contributed by atoms with E-state index >= 15 is 0 Å². The molecule has 0 radical (unpaired) electrons. The summed E-state index contributed by atoms with van der Waals surface area (Å²) in [7, 11) is 0. The molecular weight excluding hydrogens is 256 g/mol. The standard InChI is InChI=1S/C11H15BrN2O/c1-9-7-11(13-8-10(9)12)14-3-2-5-15-6-4-14/h7-8H,2-6H2,1H3. The molecule has 0 atom stereocenters. The van der Waals surface area contributed by atoms with Crippen LogP contribution in [0.3, 0.4) is 0 Å². The van der Waals surface area contributed by atoms with E-state index in [2.05, 4.69) is 38.8 Å². The summed E-state index contributed by atoms with van der Waals surface area (Å²) in [6.45, 7) is 5.73. The highest BCUT2D eigenvalue weighted by molar-refractivity contribution is 9.10. The molecule has 1 aliphatic rings. The number of pyridine rings is 1. The molecule has 1 aliphatic heterocycles. The molecule has 15 heavy (non-hydrogen) atoms. The van der Waals surface area contributed by atoms with Crippen LogP contribution >= 0.6 is 15.9 Å². The monoisotopic (exact) mass is 270 g/mol. The average molecular weight is 271 g/mol. The van der Waals surface area contributed by atoms with Crippen molar-refractivity contribution in [3.05, 3.63) is 22.3 Å². The minimum atomic E-state index is 0.802. The molecule has 0 saturated carbocycles. The first-order valence-corrected chi connectivity index (χ1v) is 6.01. The van der Waals surface area contributed by atoms with Gasteiger partial charge in [-0.15, -0.1) is 0 Å². The largest absolute Gasteiger partial charge is 0.380 e. The molecule has 1 saturated heterocycles. The maximum Gasteiger partial charge on any atom is 0.128 e. The molecule has 1 aromatic rings. The molecule has 0 amide bonds. The van der Waals surface area contributed by atoms with Crippen LogP contribution < -0.4 is 4.90 Å². The van der Waals surface area contributed by atoms with Crippen LogP contribution in [0.15, 0.2) is 16.7 Å². The van der Waals surface area contributed by atoms with Gasteiger partial charge in [-0.05, 0) is 40.9 Å². The van der Waals surface area contributed by atoms with Crippen LogP contribution in [-0.2, 0) is 4.74 Å². The smallest absolute Gasteiger partial charge is 0.128 e. The van der Waals surface area contributed by atoms with E-state index in [1.54, 1.807) is 0 Å². The van der Waals surface area contributed by atoms with E-state index < -0.39 is 0 Å². The van der Waals surface area contributed by atoms with Crippen LogP contribution in [0, 0.1) is 6.92 Å². The Kier molecular flexibility index (Phi) is 3.59. The second-order valence-electron chi connectivity index (χ2n) is 3.74. The third-order valence-corrected chi connectivity index (χ3v) is 3.41. The SMILES string of the molecule is Cc1cc(N2CCCOCC2)ncc1Br. The molecule has 0 spiro atoms. The van der Waals surface area contributed by atoms with E-state index in [4.69, 9.17) is 4.74 Å². The Hall–Kier alpha value is -0.610. The fourth-order valence-electron chi connectivity index (χ4n) is 1.67. The minimum Gasteiger partial charge on any atom is -0.380 e. The van der Waals surface area contributed by atoms with E-state index in [0.717, 1.165) is 43.0 Å². The molecule has 2 heterocycles. The van der Waals surface area contributed by atoms with Crippen molar-refractivity contribution in [1.82, 2.24) is 4.98 Å². The molecule has 0 aromatic carbocycles. The lowest BCUT2D eigenvalue weighted by atomic mass is 10.3.